The van der Waals surface area contributed by atoms with Gasteiger partial charge in [0, 0.05) is 6.08 Å². The Morgan fingerprint density at radius 1 is 1.41 bits per heavy atom. The van der Waals surface area contributed by atoms with Gasteiger partial charge in [0.05, 0.1) is 0 Å². The topological polar surface area (TPSA) is 76.7 Å². The van der Waals surface area contributed by atoms with Gasteiger partial charge in [-0.25, -0.2) is 0 Å². The Morgan fingerprint density at radius 2 is 2.12 bits per heavy atom. The zero-order valence-electron chi connectivity index (χ0n) is 8.83. The van der Waals surface area contributed by atoms with Crippen molar-refractivity contribution in [3.8, 4) is 0 Å². The van der Waals surface area contributed by atoms with E-state index in [-0.39, 0.29) is 16.6 Å². The molecule has 17 heavy (non-hydrogen) atoms. The molecule has 6 heteroatoms. The van der Waals surface area contributed by atoms with Crippen LogP contribution in [0.1, 0.15) is 10.4 Å². The van der Waals surface area contributed by atoms with Crippen LogP contribution >= 0.6 is 12.2 Å². The number of nitrogens with two attached hydrogens (primary N) is 1. The molecule has 0 aliphatic rings. The lowest BCUT2D eigenvalue weighted by Crippen LogP contribution is -2.12. The van der Waals surface area contributed by atoms with Crippen molar-refractivity contribution < 1.29 is 4.79 Å². The number of H-pyrrole nitrogens is 1. The second-order valence-corrected chi connectivity index (χ2v) is 3.69. The molecule has 1 aromatic carbocycles. The molecule has 0 aliphatic heterocycles. The van der Waals surface area contributed by atoms with Gasteiger partial charge in [-0.15, -0.1) is 0 Å². The van der Waals surface area contributed by atoms with Crippen molar-refractivity contribution in [1.29, 1.82) is 0 Å². The molecule has 0 amide bonds. The Bertz CT molecular complexity index is 612. The summed E-state index contributed by atoms with van der Waals surface area (Å²) in [6.45, 7) is 0. The van der Waals surface area contributed by atoms with Gasteiger partial charge in [-0.05, 0) is 23.9 Å². The highest BCUT2D eigenvalue weighted by molar-refractivity contribution is 7.71. The van der Waals surface area contributed by atoms with E-state index in [2.05, 4.69) is 10.1 Å². The van der Waals surface area contributed by atoms with Gasteiger partial charge in [0.25, 0.3) is 5.91 Å². The van der Waals surface area contributed by atoms with E-state index in [4.69, 9.17) is 18.0 Å². The van der Waals surface area contributed by atoms with E-state index in [0.717, 1.165) is 10.2 Å². The van der Waals surface area contributed by atoms with Gasteiger partial charge < -0.3 is 5.73 Å². The molecule has 1 heterocycles. The fourth-order valence-electron chi connectivity index (χ4n) is 1.31. The molecular weight excluding hydrogens is 236 g/mol. The number of rotatable bonds is 2. The Morgan fingerprint density at radius 3 is 2.71 bits per heavy atom. The first-order valence-electron chi connectivity index (χ1n) is 4.89. The van der Waals surface area contributed by atoms with Crippen LogP contribution in [0.3, 0.4) is 0 Å². The van der Waals surface area contributed by atoms with Gasteiger partial charge in [-0.2, -0.15) is 9.67 Å². The monoisotopic (exact) mass is 246 g/mol. The molecule has 0 unspecified atom stereocenters. The number of allylic oxidation sites excluding steroid dienone is 1. The predicted octanol–water partition coefficient (Wildman–Crippen LogP) is 1.88. The number of carbonyl (C=O) groups is 1. The molecule has 0 saturated heterocycles. The molecule has 0 aliphatic carbocycles. The summed E-state index contributed by atoms with van der Waals surface area (Å²) in [5.74, 6) is -0.271. The van der Waals surface area contributed by atoms with Gasteiger partial charge in [-0.1, -0.05) is 30.3 Å². The van der Waals surface area contributed by atoms with E-state index >= 15 is 0 Å². The third kappa shape index (κ3) is 2.67. The predicted molar refractivity (Wildman–Crippen MR) is 67.9 cm³/mol. The Kier molecular flexibility index (Phi) is 3.15. The van der Waals surface area contributed by atoms with Crippen LogP contribution in [0.15, 0.2) is 36.4 Å². The van der Waals surface area contributed by atoms with E-state index in [1.165, 1.54) is 6.08 Å². The fourth-order valence-corrected chi connectivity index (χ4v) is 1.49. The first-order chi connectivity index (χ1) is 8.16. The number of benzene rings is 1. The van der Waals surface area contributed by atoms with Crippen LogP contribution in [0.2, 0.25) is 0 Å². The lowest BCUT2D eigenvalue weighted by molar-refractivity contribution is 0.0957. The Balaban J connectivity index is 2.20. The summed E-state index contributed by atoms with van der Waals surface area (Å²) in [7, 11) is 0. The van der Waals surface area contributed by atoms with E-state index in [1.807, 2.05) is 30.3 Å². The van der Waals surface area contributed by atoms with Crippen LogP contribution in [0, 0.1) is 4.77 Å². The molecular formula is C11H10N4OS. The Labute approximate surface area is 103 Å². The Hall–Kier alpha value is -2.21. The normalized spacial score (nSPS) is 10.8. The summed E-state index contributed by atoms with van der Waals surface area (Å²) in [6, 6.07) is 9.48. The molecule has 86 valence electrons. The standard InChI is InChI=1S/C11H10N4OS/c12-10-13-11(17)14-15(10)9(16)7-6-8-4-2-1-3-5-8/h1-7H,(H3,12,13,14,17)/b7-6+. The van der Waals surface area contributed by atoms with Crippen molar-refractivity contribution in [3.63, 3.8) is 0 Å². The van der Waals surface area contributed by atoms with Crippen molar-refractivity contribution in [2.45, 2.75) is 0 Å². The van der Waals surface area contributed by atoms with Gasteiger partial charge in [-0.3, -0.25) is 9.89 Å². The van der Waals surface area contributed by atoms with Crippen LogP contribution in [0.5, 0.6) is 0 Å². The number of hydrogen-bond acceptors (Lipinski definition) is 4. The van der Waals surface area contributed by atoms with E-state index in [1.54, 1.807) is 6.08 Å². The molecule has 2 rings (SSSR count). The van der Waals surface area contributed by atoms with E-state index in [9.17, 15) is 4.79 Å². The number of anilines is 1. The molecule has 0 fully saturated rings. The smallest absolute Gasteiger partial charge is 0.272 e. The highest BCUT2D eigenvalue weighted by Crippen LogP contribution is 2.03. The zero-order chi connectivity index (χ0) is 12.3. The van der Waals surface area contributed by atoms with Gasteiger partial charge >= 0.3 is 0 Å². The molecule has 3 N–H and O–H groups in total. The van der Waals surface area contributed by atoms with Crippen molar-refractivity contribution >= 4 is 30.1 Å². The molecule has 0 bridgehead atoms. The van der Waals surface area contributed by atoms with Gasteiger partial charge in [0.1, 0.15) is 0 Å². The maximum Gasteiger partial charge on any atom is 0.272 e. The number of carbonyl (C=O) groups excluding carboxylic acids is 1. The minimum absolute atomic E-state index is 0.0534. The molecule has 0 atom stereocenters. The summed E-state index contributed by atoms with van der Waals surface area (Å²) in [5, 5.41) is 2.57. The second kappa shape index (κ2) is 4.75. The minimum Gasteiger partial charge on any atom is -0.368 e. The van der Waals surface area contributed by atoms with E-state index in [0.29, 0.717) is 0 Å². The highest BCUT2D eigenvalue weighted by atomic mass is 32.1. The van der Waals surface area contributed by atoms with Gasteiger partial charge in [0.2, 0.25) is 10.7 Å². The lowest BCUT2D eigenvalue weighted by Gasteiger charge is -1.96. The van der Waals surface area contributed by atoms with Crippen LogP contribution in [-0.4, -0.2) is 20.7 Å². The average Bonchev–Trinajstić information content (AvgIpc) is 2.67. The number of aromatic amines is 1. The molecule has 0 spiro atoms. The van der Waals surface area contributed by atoms with Crippen molar-refractivity contribution in [1.82, 2.24) is 14.8 Å². The number of nitrogens with one attached hydrogen (secondary N) is 1. The van der Waals surface area contributed by atoms with Crippen molar-refractivity contribution in [3.05, 3.63) is 46.7 Å². The van der Waals surface area contributed by atoms with E-state index < -0.39 is 0 Å². The largest absolute Gasteiger partial charge is 0.368 e. The van der Waals surface area contributed by atoms with Crippen LogP contribution in [-0.2, 0) is 0 Å². The zero-order valence-corrected chi connectivity index (χ0v) is 9.65. The van der Waals surface area contributed by atoms with Crippen LogP contribution < -0.4 is 5.73 Å². The molecule has 2 aromatic rings. The highest BCUT2D eigenvalue weighted by Gasteiger charge is 2.05. The first-order valence-corrected chi connectivity index (χ1v) is 5.29. The van der Waals surface area contributed by atoms with Crippen molar-refractivity contribution in [2.24, 2.45) is 0 Å². The summed E-state index contributed by atoms with van der Waals surface area (Å²) in [4.78, 5) is 15.5. The summed E-state index contributed by atoms with van der Waals surface area (Å²) >= 11 is 4.77. The molecule has 0 radical (unpaired) electrons. The van der Waals surface area contributed by atoms with Gasteiger partial charge in [0.15, 0.2) is 0 Å². The molecule has 5 nitrogen and oxygen atoms in total. The molecule has 1 aromatic heterocycles. The number of aromatic nitrogens is 3. The maximum absolute atomic E-state index is 11.7. The third-order valence-electron chi connectivity index (χ3n) is 2.09. The van der Waals surface area contributed by atoms with Crippen molar-refractivity contribution in [2.75, 3.05) is 5.73 Å². The fraction of sp³-hybridized carbons (Fsp3) is 0. The average molecular weight is 246 g/mol. The minimum atomic E-state index is -0.324. The molecule has 0 saturated carbocycles. The lowest BCUT2D eigenvalue weighted by atomic mass is 10.2. The third-order valence-corrected chi connectivity index (χ3v) is 2.27. The SMILES string of the molecule is Nc1nc(=S)[nH]n1C(=O)/C=C/c1ccccc1. The number of hydrogen-bond donors (Lipinski definition) is 2. The maximum atomic E-state index is 11.7. The number of nitrogen functional groups attached to an aromatic ring is 1. The first kappa shape index (κ1) is 11.3. The quantitative estimate of drug-likeness (QED) is 0.626. The summed E-state index contributed by atoms with van der Waals surface area (Å²) < 4.78 is 1.28. The second-order valence-electron chi connectivity index (χ2n) is 3.30. The summed E-state index contributed by atoms with van der Waals surface area (Å²) in [6.07, 6.45) is 3.09. The van der Waals surface area contributed by atoms with Crippen LogP contribution in [0.4, 0.5) is 5.95 Å². The summed E-state index contributed by atoms with van der Waals surface area (Å²) in [5.41, 5.74) is 6.44. The van der Waals surface area contributed by atoms with Crippen LogP contribution in [0.25, 0.3) is 6.08 Å². The number of nitrogens with zero attached hydrogens (tertiary/aromatic N) is 2.